The van der Waals surface area contributed by atoms with Crippen LogP contribution in [0.15, 0.2) is 10.7 Å². The Balaban J connectivity index is 2.77. The SMILES string of the molecule is CCCn1ncc(Br)c1C(=O)CNC(C)(C)C. The molecule has 0 saturated heterocycles. The number of nitrogens with one attached hydrogen (secondary N) is 1. The van der Waals surface area contributed by atoms with Crippen LogP contribution in [0.3, 0.4) is 0 Å². The number of aromatic nitrogens is 2. The predicted molar refractivity (Wildman–Crippen MR) is 72.3 cm³/mol. The molecule has 0 amide bonds. The monoisotopic (exact) mass is 301 g/mol. The molecule has 0 aliphatic rings. The normalized spacial score (nSPS) is 11.8. The number of hydrogen-bond donors (Lipinski definition) is 1. The van der Waals surface area contributed by atoms with Crippen molar-refractivity contribution in [3.05, 3.63) is 16.4 Å². The first-order chi connectivity index (χ1) is 7.85. The van der Waals surface area contributed by atoms with Crippen LogP contribution in [0.1, 0.15) is 44.6 Å². The number of Topliss-reactive ketones (excluding diaryl/α,β-unsaturated/α-hetero) is 1. The number of nitrogens with zero attached hydrogens (tertiary/aromatic N) is 2. The van der Waals surface area contributed by atoms with Crippen molar-refractivity contribution in [1.82, 2.24) is 15.1 Å². The minimum atomic E-state index is -0.0578. The van der Waals surface area contributed by atoms with Crippen molar-refractivity contribution in [2.45, 2.75) is 46.2 Å². The highest BCUT2D eigenvalue weighted by molar-refractivity contribution is 9.10. The molecule has 5 heteroatoms. The molecule has 0 saturated carbocycles. The van der Waals surface area contributed by atoms with Crippen molar-refractivity contribution in [1.29, 1.82) is 0 Å². The zero-order valence-corrected chi connectivity index (χ0v) is 12.5. The van der Waals surface area contributed by atoms with Gasteiger partial charge in [-0.1, -0.05) is 6.92 Å². The fraction of sp³-hybridized carbons (Fsp3) is 0.667. The van der Waals surface area contributed by atoms with Crippen LogP contribution >= 0.6 is 15.9 Å². The highest BCUT2D eigenvalue weighted by atomic mass is 79.9. The van der Waals surface area contributed by atoms with Crippen LogP contribution in [-0.2, 0) is 6.54 Å². The van der Waals surface area contributed by atoms with E-state index in [2.05, 4.69) is 33.3 Å². The minimum absolute atomic E-state index is 0.0578. The number of carbonyl (C=O) groups excluding carboxylic acids is 1. The molecule has 1 rings (SSSR count). The third kappa shape index (κ3) is 4.24. The van der Waals surface area contributed by atoms with E-state index in [0.29, 0.717) is 12.2 Å². The molecular weight excluding hydrogens is 282 g/mol. The van der Waals surface area contributed by atoms with Crippen LogP contribution in [0, 0.1) is 0 Å². The van der Waals surface area contributed by atoms with Crippen LogP contribution in [-0.4, -0.2) is 27.6 Å². The van der Waals surface area contributed by atoms with Crippen molar-refractivity contribution in [2.24, 2.45) is 0 Å². The fourth-order valence-electron chi connectivity index (χ4n) is 1.45. The van der Waals surface area contributed by atoms with Crippen molar-refractivity contribution in [2.75, 3.05) is 6.54 Å². The van der Waals surface area contributed by atoms with Gasteiger partial charge in [-0.25, -0.2) is 0 Å². The molecule has 0 fully saturated rings. The Bertz CT molecular complexity index is 393. The van der Waals surface area contributed by atoms with Crippen LogP contribution in [0.4, 0.5) is 0 Å². The van der Waals surface area contributed by atoms with E-state index in [4.69, 9.17) is 0 Å². The molecule has 1 heterocycles. The molecule has 0 atom stereocenters. The molecule has 1 aromatic rings. The summed E-state index contributed by atoms with van der Waals surface area (Å²) in [6.45, 7) is 9.28. The van der Waals surface area contributed by atoms with E-state index < -0.39 is 0 Å². The Labute approximate surface area is 111 Å². The van der Waals surface area contributed by atoms with Crippen molar-refractivity contribution < 1.29 is 4.79 Å². The quantitative estimate of drug-likeness (QED) is 0.851. The first-order valence-electron chi connectivity index (χ1n) is 5.84. The van der Waals surface area contributed by atoms with Crippen LogP contribution in [0.25, 0.3) is 0 Å². The lowest BCUT2D eigenvalue weighted by molar-refractivity contribution is 0.0970. The number of halogens is 1. The molecule has 0 aliphatic heterocycles. The molecule has 0 spiro atoms. The lowest BCUT2D eigenvalue weighted by Gasteiger charge is -2.20. The highest BCUT2D eigenvalue weighted by Crippen LogP contribution is 2.17. The average molecular weight is 302 g/mol. The molecule has 4 nitrogen and oxygen atoms in total. The predicted octanol–water partition coefficient (Wildman–Crippen LogP) is 2.63. The number of aryl methyl sites for hydroxylation is 1. The standard InChI is InChI=1S/C12H20BrN3O/c1-5-6-16-11(9(13)7-15-16)10(17)8-14-12(2,3)4/h7,14H,5-6,8H2,1-4H3. The van der Waals surface area contributed by atoms with Gasteiger partial charge in [-0.15, -0.1) is 0 Å². The van der Waals surface area contributed by atoms with Crippen molar-refractivity contribution in [3.63, 3.8) is 0 Å². The molecule has 0 aliphatic carbocycles. The van der Waals surface area contributed by atoms with Crippen molar-refractivity contribution >= 4 is 21.7 Å². The van der Waals surface area contributed by atoms with E-state index in [-0.39, 0.29) is 11.3 Å². The summed E-state index contributed by atoms with van der Waals surface area (Å²) in [7, 11) is 0. The van der Waals surface area contributed by atoms with E-state index in [1.165, 1.54) is 0 Å². The van der Waals surface area contributed by atoms with E-state index >= 15 is 0 Å². The van der Waals surface area contributed by atoms with Gasteiger partial charge in [0, 0.05) is 12.1 Å². The Morgan fingerprint density at radius 3 is 2.71 bits per heavy atom. The molecule has 0 unspecified atom stereocenters. The molecule has 0 bridgehead atoms. The smallest absolute Gasteiger partial charge is 0.195 e. The molecule has 96 valence electrons. The second kappa shape index (κ2) is 5.78. The lowest BCUT2D eigenvalue weighted by Crippen LogP contribution is -2.39. The molecule has 1 N–H and O–H groups in total. The molecule has 0 aromatic carbocycles. The maximum absolute atomic E-state index is 12.1. The Kier molecular flexibility index (Phi) is 4.89. The topological polar surface area (TPSA) is 46.9 Å². The number of ketones is 1. The largest absolute Gasteiger partial charge is 0.305 e. The zero-order valence-electron chi connectivity index (χ0n) is 10.9. The van der Waals surface area contributed by atoms with Gasteiger partial charge in [0.05, 0.1) is 17.2 Å². The van der Waals surface area contributed by atoms with Crippen LogP contribution in [0.5, 0.6) is 0 Å². The second-order valence-corrected chi connectivity index (χ2v) is 5.95. The summed E-state index contributed by atoms with van der Waals surface area (Å²) in [6, 6.07) is 0. The van der Waals surface area contributed by atoms with Gasteiger partial charge < -0.3 is 5.32 Å². The summed E-state index contributed by atoms with van der Waals surface area (Å²) in [6.07, 6.45) is 2.64. The third-order valence-corrected chi connectivity index (χ3v) is 2.85. The van der Waals surface area contributed by atoms with Gasteiger partial charge in [-0.2, -0.15) is 5.10 Å². The summed E-state index contributed by atoms with van der Waals surface area (Å²) >= 11 is 3.38. The van der Waals surface area contributed by atoms with Gasteiger partial charge in [-0.3, -0.25) is 9.48 Å². The molecule has 0 radical (unpaired) electrons. The minimum Gasteiger partial charge on any atom is -0.305 e. The van der Waals surface area contributed by atoms with E-state index in [9.17, 15) is 4.79 Å². The maximum Gasteiger partial charge on any atom is 0.195 e. The zero-order chi connectivity index (χ0) is 13.1. The van der Waals surface area contributed by atoms with Gasteiger partial charge in [0.1, 0.15) is 5.69 Å². The summed E-state index contributed by atoms with van der Waals surface area (Å²) < 4.78 is 2.53. The lowest BCUT2D eigenvalue weighted by atomic mass is 10.1. The Morgan fingerprint density at radius 2 is 2.18 bits per heavy atom. The number of rotatable bonds is 5. The molecular formula is C12H20BrN3O. The first kappa shape index (κ1) is 14.4. The van der Waals surface area contributed by atoms with E-state index in [1.54, 1.807) is 10.9 Å². The maximum atomic E-state index is 12.1. The van der Waals surface area contributed by atoms with Gasteiger partial charge >= 0.3 is 0 Å². The number of hydrogen-bond acceptors (Lipinski definition) is 3. The Morgan fingerprint density at radius 1 is 1.53 bits per heavy atom. The Hall–Kier alpha value is -0.680. The van der Waals surface area contributed by atoms with Gasteiger partial charge in [-0.05, 0) is 43.1 Å². The van der Waals surface area contributed by atoms with Gasteiger partial charge in [0.25, 0.3) is 0 Å². The third-order valence-electron chi connectivity index (χ3n) is 2.27. The first-order valence-corrected chi connectivity index (χ1v) is 6.64. The summed E-state index contributed by atoms with van der Waals surface area (Å²) in [4.78, 5) is 12.1. The second-order valence-electron chi connectivity index (χ2n) is 5.09. The summed E-state index contributed by atoms with van der Waals surface area (Å²) in [5.41, 5.74) is 0.598. The van der Waals surface area contributed by atoms with E-state index in [0.717, 1.165) is 17.4 Å². The molecule has 1 aromatic heterocycles. The van der Waals surface area contributed by atoms with Gasteiger partial charge in [0.2, 0.25) is 0 Å². The number of carbonyl (C=O) groups is 1. The fourth-order valence-corrected chi connectivity index (χ4v) is 1.97. The molecule has 17 heavy (non-hydrogen) atoms. The average Bonchev–Trinajstić information content (AvgIpc) is 2.56. The van der Waals surface area contributed by atoms with Gasteiger partial charge in [0.15, 0.2) is 5.78 Å². The van der Waals surface area contributed by atoms with E-state index in [1.807, 2.05) is 20.8 Å². The summed E-state index contributed by atoms with van der Waals surface area (Å²) in [5, 5.41) is 7.39. The highest BCUT2D eigenvalue weighted by Gasteiger charge is 2.18. The van der Waals surface area contributed by atoms with Crippen LogP contribution in [0.2, 0.25) is 0 Å². The van der Waals surface area contributed by atoms with Crippen molar-refractivity contribution in [3.8, 4) is 0 Å². The van der Waals surface area contributed by atoms with Crippen LogP contribution < -0.4 is 5.32 Å². The summed E-state index contributed by atoms with van der Waals surface area (Å²) in [5.74, 6) is 0.0674.